The van der Waals surface area contributed by atoms with E-state index in [1.54, 1.807) is 0 Å². The first-order valence-corrected chi connectivity index (χ1v) is 7.30. The first-order chi connectivity index (χ1) is 7.58. The third-order valence-electron chi connectivity index (χ3n) is 3.09. The summed E-state index contributed by atoms with van der Waals surface area (Å²) in [6.45, 7) is 1.35. The van der Waals surface area contributed by atoms with E-state index in [1.165, 1.54) is 4.31 Å². The number of ether oxygens (including phenoxy) is 1. The highest BCUT2D eigenvalue weighted by atomic mass is 32.2. The van der Waals surface area contributed by atoms with Crippen LogP contribution in [-0.4, -0.2) is 50.1 Å². The lowest BCUT2D eigenvalue weighted by Gasteiger charge is -2.26. The number of carbonyl (C=O) groups excluding carboxylic acids is 1. The zero-order chi connectivity index (χ0) is 11.6. The van der Waals surface area contributed by atoms with Gasteiger partial charge in [0.15, 0.2) is 0 Å². The zero-order valence-corrected chi connectivity index (χ0v) is 10.0. The number of Topliss-reactive ketones (excluding diaryl/α,β-unsaturated/α-hetero) is 1. The van der Waals surface area contributed by atoms with Crippen molar-refractivity contribution in [1.29, 1.82) is 0 Å². The van der Waals surface area contributed by atoms with Crippen LogP contribution in [0.2, 0.25) is 0 Å². The molecule has 0 saturated carbocycles. The summed E-state index contributed by atoms with van der Waals surface area (Å²) in [7, 11) is -3.23. The van der Waals surface area contributed by atoms with E-state index in [9.17, 15) is 13.2 Å². The van der Waals surface area contributed by atoms with E-state index < -0.39 is 10.0 Å². The zero-order valence-electron chi connectivity index (χ0n) is 9.22. The first-order valence-electron chi connectivity index (χ1n) is 5.69. The molecule has 0 aromatic heterocycles. The van der Waals surface area contributed by atoms with E-state index in [0.29, 0.717) is 32.5 Å². The summed E-state index contributed by atoms with van der Waals surface area (Å²) in [4.78, 5) is 11.0. The second-order valence-corrected chi connectivity index (χ2v) is 6.36. The lowest BCUT2D eigenvalue weighted by molar-refractivity contribution is -0.120. The molecule has 0 bridgehead atoms. The van der Waals surface area contributed by atoms with Crippen molar-refractivity contribution in [2.45, 2.75) is 31.8 Å². The fourth-order valence-corrected chi connectivity index (χ4v) is 3.81. The van der Waals surface area contributed by atoms with Gasteiger partial charge >= 0.3 is 0 Å². The molecule has 2 fully saturated rings. The van der Waals surface area contributed by atoms with Crippen molar-refractivity contribution in [3.05, 3.63) is 0 Å². The van der Waals surface area contributed by atoms with Gasteiger partial charge < -0.3 is 4.74 Å². The molecular weight excluding hydrogens is 230 g/mol. The molecule has 2 saturated heterocycles. The van der Waals surface area contributed by atoms with E-state index in [1.807, 2.05) is 0 Å². The molecule has 1 atom stereocenters. The van der Waals surface area contributed by atoms with Crippen LogP contribution in [0.5, 0.6) is 0 Å². The van der Waals surface area contributed by atoms with Gasteiger partial charge in [0.2, 0.25) is 10.0 Å². The van der Waals surface area contributed by atoms with E-state index in [0.717, 1.165) is 12.8 Å². The van der Waals surface area contributed by atoms with E-state index >= 15 is 0 Å². The van der Waals surface area contributed by atoms with Gasteiger partial charge in [0, 0.05) is 32.5 Å². The first kappa shape index (κ1) is 12.0. The van der Waals surface area contributed by atoms with Crippen molar-refractivity contribution in [2.75, 3.05) is 25.4 Å². The fourth-order valence-electron chi connectivity index (χ4n) is 2.13. The smallest absolute Gasteiger partial charge is 0.216 e. The molecule has 6 heteroatoms. The molecule has 0 aliphatic carbocycles. The minimum atomic E-state index is -3.23. The Morgan fingerprint density at radius 1 is 1.31 bits per heavy atom. The van der Waals surface area contributed by atoms with E-state index in [4.69, 9.17) is 4.74 Å². The minimum Gasteiger partial charge on any atom is -0.377 e. The molecule has 1 unspecified atom stereocenters. The van der Waals surface area contributed by atoms with E-state index in [2.05, 4.69) is 0 Å². The quantitative estimate of drug-likeness (QED) is 0.712. The van der Waals surface area contributed by atoms with Crippen LogP contribution in [-0.2, 0) is 19.6 Å². The van der Waals surface area contributed by atoms with Gasteiger partial charge in [0.05, 0.1) is 11.9 Å². The number of ketones is 1. The third-order valence-corrected chi connectivity index (χ3v) is 5.04. The largest absolute Gasteiger partial charge is 0.377 e. The number of rotatable bonds is 3. The van der Waals surface area contributed by atoms with Crippen molar-refractivity contribution < 1.29 is 17.9 Å². The molecule has 0 spiro atoms. The Labute approximate surface area is 95.8 Å². The standard InChI is InChI=1S/C10H17NO4S/c12-9-3-5-11(6-4-9)16(13,14)8-10-2-1-7-15-10/h10H,1-8H2. The van der Waals surface area contributed by atoms with Gasteiger partial charge in [-0.1, -0.05) is 0 Å². The van der Waals surface area contributed by atoms with Crippen LogP contribution in [0.1, 0.15) is 25.7 Å². The van der Waals surface area contributed by atoms with Gasteiger partial charge in [0.1, 0.15) is 5.78 Å². The topological polar surface area (TPSA) is 63.7 Å². The number of sulfonamides is 1. The van der Waals surface area contributed by atoms with Crippen LogP contribution in [0.3, 0.4) is 0 Å². The van der Waals surface area contributed by atoms with Crippen LogP contribution in [0.15, 0.2) is 0 Å². The SMILES string of the molecule is O=C1CCN(S(=O)(=O)CC2CCCO2)CC1. The molecule has 2 heterocycles. The Morgan fingerprint density at radius 3 is 2.56 bits per heavy atom. The molecule has 16 heavy (non-hydrogen) atoms. The van der Waals surface area contributed by atoms with Crippen molar-refractivity contribution in [2.24, 2.45) is 0 Å². The Balaban J connectivity index is 1.93. The van der Waals surface area contributed by atoms with Crippen LogP contribution in [0.4, 0.5) is 0 Å². The van der Waals surface area contributed by atoms with Gasteiger partial charge in [-0.05, 0) is 12.8 Å². The summed E-state index contributed by atoms with van der Waals surface area (Å²) in [6.07, 6.45) is 2.32. The average Bonchev–Trinajstić information content (AvgIpc) is 2.70. The molecule has 0 amide bonds. The van der Waals surface area contributed by atoms with Gasteiger partial charge in [-0.15, -0.1) is 0 Å². The molecule has 2 rings (SSSR count). The molecule has 2 aliphatic heterocycles. The number of piperidine rings is 1. The second-order valence-electron chi connectivity index (χ2n) is 4.35. The van der Waals surface area contributed by atoms with Crippen molar-refractivity contribution in [3.63, 3.8) is 0 Å². The average molecular weight is 247 g/mol. The highest BCUT2D eigenvalue weighted by Gasteiger charge is 2.30. The van der Waals surface area contributed by atoms with E-state index in [-0.39, 0.29) is 17.6 Å². The number of hydrogen-bond acceptors (Lipinski definition) is 4. The van der Waals surface area contributed by atoms with Gasteiger partial charge in [-0.25, -0.2) is 12.7 Å². The number of hydrogen-bond donors (Lipinski definition) is 0. The summed E-state index contributed by atoms with van der Waals surface area (Å²) in [5, 5.41) is 0. The van der Waals surface area contributed by atoms with Crippen LogP contribution in [0, 0.1) is 0 Å². The van der Waals surface area contributed by atoms with Crippen molar-refractivity contribution >= 4 is 15.8 Å². The summed E-state index contributed by atoms with van der Waals surface area (Å²) in [6, 6.07) is 0. The monoisotopic (exact) mass is 247 g/mol. The van der Waals surface area contributed by atoms with Crippen LogP contribution in [0.25, 0.3) is 0 Å². The lowest BCUT2D eigenvalue weighted by atomic mass is 10.1. The highest BCUT2D eigenvalue weighted by molar-refractivity contribution is 7.89. The Bertz CT molecular complexity index is 349. The maximum Gasteiger partial charge on any atom is 0.216 e. The summed E-state index contributed by atoms with van der Waals surface area (Å²) in [5.41, 5.74) is 0. The van der Waals surface area contributed by atoms with Gasteiger partial charge in [0.25, 0.3) is 0 Å². The second kappa shape index (κ2) is 4.81. The number of nitrogens with zero attached hydrogens (tertiary/aromatic N) is 1. The molecule has 0 N–H and O–H groups in total. The predicted octanol–water partition coefficient (Wildman–Crippen LogP) is 0.160. The summed E-state index contributed by atoms with van der Waals surface area (Å²) in [5.74, 6) is 0.227. The molecular formula is C10H17NO4S. The minimum absolute atomic E-state index is 0.0706. The summed E-state index contributed by atoms with van der Waals surface area (Å²) < 4.78 is 30.7. The molecule has 92 valence electrons. The number of carbonyl (C=O) groups is 1. The van der Waals surface area contributed by atoms with Crippen LogP contribution >= 0.6 is 0 Å². The maximum absolute atomic E-state index is 12.0. The molecule has 2 aliphatic rings. The fraction of sp³-hybridized carbons (Fsp3) is 0.900. The third kappa shape index (κ3) is 2.81. The maximum atomic E-state index is 12.0. The lowest BCUT2D eigenvalue weighted by Crippen LogP contribution is -2.41. The normalized spacial score (nSPS) is 28.5. The highest BCUT2D eigenvalue weighted by Crippen LogP contribution is 2.18. The predicted molar refractivity (Wildman–Crippen MR) is 58.6 cm³/mol. The van der Waals surface area contributed by atoms with Gasteiger partial charge in [-0.2, -0.15) is 0 Å². The van der Waals surface area contributed by atoms with Gasteiger partial charge in [-0.3, -0.25) is 4.79 Å². The Kier molecular flexibility index (Phi) is 3.61. The molecule has 0 radical (unpaired) electrons. The summed E-state index contributed by atoms with van der Waals surface area (Å²) >= 11 is 0. The molecule has 0 aromatic rings. The molecule has 0 aromatic carbocycles. The Morgan fingerprint density at radius 2 is 2.00 bits per heavy atom. The van der Waals surface area contributed by atoms with Crippen molar-refractivity contribution in [3.8, 4) is 0 Å². The van der Waals surface area contributed by atoms with Crippen molar-refractivity contribution in [1.82, 2.24) is 4.31 Å². The Hall–Kier alpha value is -0.460. The molecule has 5 nitrogen and oxygen atoms in total. The van der Waals surface area contributed by atoms with Crippen LogP contribution < -0.4 is 0 Å².